The maximum atomic E-state index is 13.3. The van der Waals surface area contributed by atoms with Gasteiger partial charge in [0.15, 0.2) is 0 Å². The number of nitrogens with one attached hydrogen (secondary N) is 1. The van der Waals surface area contributed by atoms with Gasteiger partial charge in [0.25, 0.3) is 0 Å². The molecular formula is C19H29N5O4. The summed E-state index contributed by atoms with van der Waals surface area (Å²) >= 11 is 0. The van der Waals surface area contributed by atoms with Gasteiger partial charge in [-0.3, -0.25) is 19.2 Å². The molecule has 2 fully saturated rings. The molecule has 154 valence electrons. The van der Waals surface area contributed by atoms with Crippen molar-refractivity contribution in [3.8, 4) is 6.07 Å². The molecule has 1 heterocycles. The van der Waals surface area contributed by atoms with Crippen molar-refractivity contribution in [1.29, 1.82) is 5.26 Å². The predicted octanol–water partition coefficient (Wildman–Crippen LogP) is -0.246. The van der Waals surface area contributed by atoms with Crippen molar-refractivity contribution in [3.05, 3.63) is 0 Å². The number of hydrogen-bond acceptors (Lipinski definition) is 5. The molecule has 1 aliphatic carbocycles. The highest BCUT2D eigenvalue weighted by Gasteiger charge is 2.43. The molecule has 1 saturated heterocycles. The second-order valence-corrected chi connectivity index (χ2v) is 8.91. The zero-order valence-electron chi connectivity index (χ0n) is 16.9. The smallest absolute Gasteiger partial charge is 0.312 e. The normalized spacial score (nSPS) is 22.9. The van der Waals surface area contributed by atoms with Crippen LogP contribution in [0, 0.1) is 22.7 Å². The van der Waals surface area contributed by atoms with Crippen molar-refractivity contribution in [2.24, 2.45) is 17.1 Å². The third-order valence-electron chi connectivity index (χ3n) is 5.12. The SMILES string of the molecule is CN(C(=O)C(=O)NC1CC1)[C@@H](CC(C)(C)C)C(=O)N1C[C@@H](C(N)=O)C[C@H]1C#N. The maximum absolute atomic E-state index is 13.3. The molecule has 3 atom stereocenters. The number of rotatable bonds is 5. The van der Waals surface area contributed by atoms with Gasteiger partial charge in [-0.25, -0.2) is 0 Å². The Kier molecular flexibility index (Phi) is 6.32. The van der Waals surface area contributed by atoms with Crippen molar-refractivity contribution in [2.75, 3.05) is 13.6 Å². The third-order valence-corrected chi connectivity index (χ3v) is 5.12. The first-order valence-electron chi connectivity index (χ1n) is 9.51. The number of carbonyl (C=O) groups is 4. The lowest BCUT2D eigenvalue weighted by atomic mass is 9.87. The number of amides is 4. The van der Waals surface area contributed by atoms with E-state index in [1.807, 2.05) is 26.8 Å². The molecule has 9 heteroatoms. The average molecular weight is 391 g/mol. The molecule has 4 amide bonds. The van der Waals surface area contributed by atoms with Crippen LogP contribution >= 0.6 is 0 Å². The van der Waals surface area contributed by atoms with Gasteiger partial charge in [-0.1, -0.05) is 20.8 Å². The van der Waals surface area contributed by atoms with Crippen LogP contribution in [0.3, 0.4) is 0 Å². The lowest BCUT2D eigenvalue weighted by molar-refractivity contribution is -0.151. The summed E-state index contributed by atoms with van der Waals surface area (Å²) in [7, 11) is 1.42. The molecule has 0 aromatic rings. The lowest BCUT2D eigenvalue weighted by Crippen LogP contribution is -2.55. The number of nitrogens with two attached hydrogens (primary N) is 1. The number of nitriles is 1. The molecule has 0 aromatic carbocycles. The molecule has 9 nitrogen and oxygen atoms in total. The summed E-state index contributed by atoms with van der Waals surface area (Å²) in [5.74, 6) is -3.11. The van der Waals surface area contributed by atoms with E-state index in [-0.39, 0.29) is 24.4 Å². The van der Waals surface area contributed by atoms with Crippen molar-refractivity contribution in [2.45, 2.75) is 64.6 Å². The molecule has 0 unspecified atom stereocenters. The average Bonchev–Trinajstić information content (AvgIpc) is 3.30. The maximum Gasteiger partial charge on any atom is 0.312 e. The fourth-order valence-electron chi connectivity index (χ4n) is 3.35. The van der Waals surface area contributed by atoms with Crippen LogP contribution in [0.4, 0.5) is 0 Å². The lowest BCUT2D eigenvalue weighted by Gasteiger charge is -2.35. The topological polar surface area (TPSA) is 137 Å². The van der Waals surface area contributed by atoms with Crippen LogP contribution in [0.15, 0.2) is 0 Å². The minimum atomic E-state index is -0.917. The van der Waals surface area contributed by atoms with Gasteiger partial charge >= 0.3 is 11.8 Å². The van der Waals surface area contributed by atoms with Crippen LogP contribution in [0.25, 0.3) is 0 Å². The number of carbonyl (C=O) groups excluding carboxylic acids is 4. The van der Waals surface area contributed by atoms with Gasteiger partial charge in [-0.05, 0) is 31.1 Å². The molecule has 0 aromatic heterocycles. The van der Waals surface area contributed by atoms with Gasteiger partial charge in [-0.2, -0.15) is 5.26 Å². The number of hydrogen-bond donors (Lipinski definition) is 2. The standard InChI is InChI=1S/C19H29N5O4/c1-19(2,3)8-14(23(4)18(28)16(26)22-12-5-6-12)17(27)24-10-11(15(21)25)7-13(24)9-20/h11-14H,5-8,10H2,1-4H3,(H2,21,25)(H,22,26)/t11-,13-,14-/m0/s1. The van der Waals surface area contributed by atoms with E-state index in [1.165, 1.54) is 11.9 Å². The van der Waals surface area contributed by atoms with Crippen molar-refractivity contribution in [3.63, 3.8) is 0 Å². The Morgan fingerprint density at radius 3 is 2.36 bits per heavy atom. The largest absolute Gasteiger partial charge is 0.369 e. The van der Waals surface area contributed by atoms with Gasteiger partial charge in [0.05, 0.1) is 12.0 Å². The quantitative estimate of drug-likeness (QED) is 0.623. The molecule has 2 aliphatic rings. The Morgan fingerprint density at radius 1 is 1.29 bits per heavy atom. The number of primary amides is 1. The summed E-state index contributed by atoms with van der Waals surface area (Å²) in [5, 5.41) is 12.0. The molecular weight excluding hydrogens is 362 g/mol. The summed E-state index contributed by atoms with van der Waals surface area (Å²) in [6, 6.07) is 0.367. The third kappa shape index (κ3) is 5.21. The highest BCUT2D eigenvalue weighted by atomic mass is 16.2. The monoisotopic (exact) mass is 391 g/mol. The first-order valence-corrected chi connectivity index (χ1v) is 9.51. The molecule has 1 saturated carbocycles. The van der Waals surface area contributed by atoms with Crippen LogP contribution in [0.1, 0.15) is 46.5 Å². The Hall–Kier alpha value is -2.63. The minimum Gasteiger partial charge on any atom is -0.369 e. The molecule has 0 bridgehead atoms. The van der Waals surface area contributed by atoms with E-state index in [0.717, 1.165) is 17.7 Å². The van der Waals surface area contributed by atoms with E-state index in [2.05, 4.69) is 5.32 Å². The predicted molar refractivity (Wildman–Crippen MR) is 100 cm³/mol. The van der Waals surface area contributed by atoms with Crippen molar-refractivity contribution < 1.29 is 19.2 Å². The highest BCUT2D eigenvalue weighted by Crippen LogP contribution is 2.29. The summed E-state index contributed by atoms with van der Waals surface area (Å²) < 4.78 is 0. The molecule has 28 heavy (non-hydrogen) atoms. The Balaban J connectivity index is 2.22. The van der Waals surface area contributed by atoms with Crippen LogP contribution in [0.5, 0.6) is 0 Å². The Bertz CT molecular complexity index is 704. The van der Waals surface area contributed by atoms with E-state index in [4.69, 9.17) is 5.73 Å². The summed E-state index contributed by atoms with van der Waals surface area (Å²) in [6.07, 6.45) is 2.18. The van der Waals surface area contributed by atoms with Crippen LogP contribution in [-0.2, 0) is 19.2 Å². The van der Waals surface area contributed by atoms with E-state index >= 15 is 0 Å². The summed E-state index contributed by atoms with van der Waals surface area (Å²) in [5.41, 5.74) is 5.04. The Labute approximate surface area is 165 Å². The Morgan fingerprint density at radius 2 is 1.89 bits per heavy atom. The first kappa shape index (κ1) is 21.7. The van der Waals surface area contributed by atoms with Gasteiger partial charge < -0.3 is 20.9 Å². The van der Waals surface area contributed by atoms with E-state index in [9.17, 15) is 24.4 Å². The summed E-state index contributed by atoms with van der Waals surface area (Å²) in [4.78, 5) is 52.0. The molecule has 0 spiro atoms. The first-order chi connectivity index (χ1) is 12.9. The van der Waals surface area contributed by atoms with Crippen molar-refractivity contribution >= 4 is 23.6 Å². The second-order valence-electron chi connectivity index (χ2n) is 8.91. The van der Waals surface area contributed by atoms with Gasteiger partial charge in [-0.15, -0.1) is 0 Å². The van der Waals surface area contributed by atoms with E-state index < -0.39 is 41.6 Å². The fraction of sp³-hybridized carbons (Fsp3) is 0.737. The number of nitrogens with zero attached hydrogens (tertiary/aromatic N) is 3. The molecule has 2 rings (SSSR count). The minimum absolute atomic E-state index is 0.0273. The molecule has 0 radical (unpaired) electrons. The fourth-order valence-corrected chi connectivity index (χ4v) is 3.35. The zero-order valence-corrected chi connectivity index (χ0v) is 16.9. The van der Waals surface area contributed by atoms with Crippen LogP contribution < -0.4 is 11.1 Å². The zero-order chi connectivity index (χ0) is 21.2. The number of likely N-dealkylation sites (tertiary alicyclic amines) is 1. The van der Waals surface area contributed by atoms with Crippen LogP contribution in [-0.4, -0.2) is 65.1 Å². The highest BCUT2D eigenvalue weighted by molar-refractivity contribution is 6.35. The van der Waals surface area contributed by atoms with Crippen LogP contribution in [0.2, 0.25) is 0 Å². The van der Waals surface area contributed by atoms with Gasteiger partial charge in [0.2, 0.25) is 11.8 Å². The molecule has 3 N–H and O–H groups in total. The number of likely N-dealkylation sites (N-methyl/N-ethyl adjacent to an activating group) is 1. The summed E-state index contributed by atoms with van der Waals surface area (Å²) in [6.45, 7) is 5.82. The van der Waals surface area contributed by atoms with Gasteiger partial charge in [0.1, 0.15) is 12.1 Å². The van der Waals surface area contributed by atoms with E-state index in [0.29, 0.717) is 6.42 Å². The second kappa shape index (κ2) is 8.17. The van der Waals surface area contributed by atoms with E-state index in [1.54, 1.807) is 0 Å². The van der Waals surface area contributed by atoms with Crippen molar-refractivity contribution in [1.82, 2.24) is 15.1 Å². The molecule has 1 aliphatic heterocycles. The van der Waals surface area contributed by atoms with Gasteiger partial charge in [0, 0.05) is 19.6 Å².